The van der Waals surface area contributed by atoms with E-state index in [-0.39, 0.29) is 11.9 Å². The van der Waals surface area contributed by atoms with Crippen molar-refractivity contribution in [2.45, 2.75) is 36.5 Å². The van der Waals surface area contributed by atoms with E-state index in [1.54, 1.807) is 11.3 Å². The van der Waals surface area contributed by atoms with Gasteiger partial charge in [0.05, 0.1) is 28.5 Å². The van der Waals surface area contributed by atoms with E-state index in [4.69, 9.17) is 4.98 Å². The monoisotopic (exact) mass is 411 g/mol. The molecule has 4 rings (SSSR count). The molecule has 0 saturated carbocycles. The van der Waals surface area contributed by atoms with E-state index < -0.39 is 0 Å². The number of likely N-dealkylation sites (N-methyl/N-ethyl adjacent to an activating group) is 1. The summed E-state index contributed by atoms with van der Waals surface area (Å²) in [6.45, 7) is 5.51. The molecule has 0 unspecified atom stereocenters. The van der Waals surface area contributed by atoms with Crippen molar-refractivity contribution < 1.29 is 4.79 Å². The van der Waals surface area contributed by atoms with Crippen LogP contribution in [0.2, 0.25) is 0 Å². The zero-order valence-corrected chi connectivity index (χ0v) is 18.1. The van der Waals surface area contributed by atoms with Crippen LogP contribution in [0.5, 0.6) is 0 Å². The number of thiazole rings is 1. The van der Waals surface area contributed by atoms with Crippen molar-refractivity contribution >= 4 is 44.9 Å². The number of carbonyl (C=O) groups excluding carboxylic acids is 1. The van der Waals surface area contributed by atoms with Crippen LogP contribution in [-0.4, -0.2) is 41.2 Å². The number of aromatic nitrogens is 1. The quantitative estimate of drug-likeness (QED) is 0.591. The number of benzene rings is 2. The van der Waals surface area contributed by atoms with Crippen LogP contribution in [0.15, 0.2) is 53.4 Å². The minimum atomic E-state index is 0.0943. The number of amides is 1. The first-order valence-corrected chi connectivity index (χ1v) is 11.3. The molecule has 0 bridgehead atoms. The van der Waals surface area contributed by atoms with E-state index in [1.165, 1.54) is 9.60 Å². The first-order chi connectivity index (χ1) is 13.5. The number of rotatable bonds is 4. The molecule has 2 heterocycles. The van der Waals surface area contributed by atoms with Crippen LogP contribution >= 0.6 is 23.1 Å². The summed E-state index contributed by atoms with van der Waals surface area (Å²) in [4.78, 5) is 23.2. The standard InChI is InChI=1S/C22H25N3OS2/c1-15-12-13-25(18-9-5-7-11-20(18)27-15)21(26)14-24(3)16(2)22-23-17-8-4-6-10-19(17)28-22/h4-11,15-16H,12-14H2,1-3H3/t15-,16+/m0/s1. The highest BCUT2D eigenvalue weighted by molar-refractivity contribution is 8.00. The van der Waals surface area contributed by atoms with Gasteiger partial charge in [0.15, 0.2) is 0 Å². The lowest BCUT2D eigenvalue weighted by Gasteiger charge is -2.27. The molecule has 0 fully saturated rings. The maximum Gasteiger partial charge on any atom is 0.241 e. The number of thioether (sulfide) groups is 1. The van der Waals surface area contributed by atoms with Gasteiger partial charge in [-0.25, -0.2) is 4.98 Å². The summed E-state index contributed by atoms with van der Waals surface area (Å²) in [6, 6.07) is 16.5. The molecule has 0 radical (unpaired) electrons. The van der Waals surface area contributed by atoms with Crippen molar-refractivity contribution in [2.24, 2.45) is 0 Å². The largest absolute Gasteiger partial charge is 0.310 e. The number of para-hydroxylation sites is 2. The Hall–Kier alpha value is -1.89. The second-order valence-electron chi connectivity index (χ2n) is 7.34. The minimum Gasteiger partial charge on any atom is -0.310 e. The van der Waals surface area contributed by atoms with E-state index >= 15 is 0 Å². The third kappa shape index (κ3) is 3.95. The Morgan fingerprint density at radius 2 is 2.00 bits per heavy atom. The van der Waals surface area contributed by atoms with E-state index in [0.29, 0.717) is 11.8 Å². The van der Waals surface area contributed by atoms with Gasteiger partial charge in [0.1, 0.15) is 5.01 Å². The Bertz CT molecular complexity index is 954. The number of fused-ring (bicyclic) bond motifs is 2. The predicted octanol–water partition coefficient (Wildman–Crippen LogP) is 5.21. The summed E-state index contributed by atoms with van der Waals surface area (Å²) >= 11 is 3.57. The summed E-state index contributed by atoms with van der Waals surface area (Å²) in [6.07, 6.45) is 1.00. The summed E-state index contributed by atoms with van der Waals surface area (Å²) in [5.74, 6) is 0.151. The zero-order valence-electron chi connectivity index (χ0n) is 16.5. The predicted molar refractivity (Wildman–Crippen MR) is 119 cm³/mol. The number of hydrogen-bond acceptors (Lipinski definition) is 5. The number of carbonyl (C=O) groups is 1. The van der Waals surface area contributed by atoms with E-state index in [0.717, 1.165) is 29.2 Å². The molecule has 4 nitrogen and oxygen atoms in total. The Labute approximate surface area is 174 Å². The fraction of sp³-hybridized carbons (Fsp3) is 0.364. The van der Waals surface area contributed by atoms with Crippen molar-refractivity contribution in [1.82, 2.24) is 9.88 Å². The van der Waals surface area contributed by atoms with Crippen LogP contribution in [-0.2, 0) is 4.79 Å². The van der Waals surface area contributed by atoms with Gasteiger partial charge in [0.2, 0.25) is 5.91 Å². The molecule has 0 aliphatic carbocycles. The van der Waals surface area contributed by atoms with Gasteiger partial charge in [-0.05, 0) is 44.7 Å². The van der Waals surface area contributed by atoms with Gasteiger partial charge in [0.25, 0.3) is 0 Å². The minimum absolute atomic E-state index is 0.0943. The molecular formula is C22H25N3OS2. The van der Waals surface area contributed by atoms with Crippen LogP contribution in [0.25, 0.3) is 10.2 Å². The highest BCUT2D eigenvalue weighted by atomic mass is 32.2. The Morgan fingerprint density at radius 1 is 1.25 bits per heavy atom. The summed E-state index contributed by atoms with van der Waals surface area (Å²) in [7, 11) is 2.01. The normalized spacial score (nSPS) is 18.1. The molecule has 0 saturated heterocycles. The Balaban J connectivity index is 1.51. The topological polar surface area (TPSA) is 36.4 Å². The summed E-state index contributed by atoms with van der Waals surface area (Å²) < 4.78 is 1.19. The third-order valence-corrected chi connectivity index (χ3v) is 7.70. The van der Waals surface area contributed by atoms with Gasteiger partial charge < -0.3 is 4.90 Å². The first kappa shape index (κ1) is 19.4. The molecule has 3 aromatic rings. The molecule has 1 aliphatic rings. The summed E-state index contributed by atoms with van der Waals surface area (Å²) in [5, 5.41) is 1.57. The average Bonchev–Trinajstić information content (AvgIpc) is 3.04. The SMILES string of the molecule is C[C@H](c1nc2ccccc2s1)N(C)CC(=O)N1CC[C@H](C)Sc2ccccc21. The third-order valence-electron chi connectivity index (χ3n) is 5.26. The number of nitrogens with zero attached hydrogens (tertiary/aromatic N) is 3. The van der Waals surface area contributed by atoms with Crippen LogP contribution in [0, 0.1) is 0 Å². The van der Waals surface area contributed by atoms with Crippen molar-refractivity contribution in [2.75, 3.05) is 25.0 Å². The maximum atomic E-state index is 13.2. The zero-order chi connectivity index (χ0) is 19.7. The van der Waals surface area contributed by atoms with Crippen molar-refractivity contribution in [3.63, 3.8) is 0 Å². The second-order valence-corrected chi connectivity index (χ2v) is 9.88. The van der Waals surface area contributed by atoms with Crippen LogP contribution in [0.3, 0.4) is 0 Å². The van der Waals surface area contributed by atoms with E-state index in [2.05, 4.69) is 36.9 Å². The lowest BCUT2D eigenvalue weighted by molar-refractivity contribution is -0.119. The molecule has 1 aromatic heterocycles. The molecule has 0 spiro atoms. The second kappa shape index (κ2) is 8.23. The first-order valence-electron chi connectivity index (χ1n) is 9.64. The van der Waals surface area contributed by atoms with Crippen LogP contribution < -0.4 is 4.90 Å². The van der Waals surface area contributed by atoms with Gasteiger partial charge in [-0.2, -0.15) is 0 Å². The van der Waals surface area contributed by atoms with Gasteiger partial charge in [-0.15, -0.1) is 23.1 Å². The number of hydrogen-bond donors (Lipinski definition) is 0. The van der Waals surface area contributed by atoms with Gasteiger partial charge in [-0.3, -0.25) is 9.69 Å². The van der Waals surface area contributed by atoms with E-state index in [1.807, 2.05) is 54.0 Å². The van der Waals surface area contributed by atoms with E-state index in [9.17, 15) is 4.79 Å². The molecule has 6 heteroatoms. The lowest BCUT2D eigenvalue weighted by Crippen LogP contribution is -2.40. The van der Waals surface area contributed by atoms with Crippen LogP contribution in [0.1, 0.15) is 31.3 Å². The average molecular weight is 412 g/mol. The molecule has 28 heavy (non-hydrogen) atoms. The number of anilines is 1. The highest BCUT2D eigenvalue weighted by Gasteiger charge is 2.26. The highest BCUT2D eigenvalue weighted by Crippen LogP contribution is 2.37. The fourth-order valence-corrected chi connectivity index (χ4v) is 5.64. The van der Waals surface area contributed by atoms with Crippen molar-refractivity contribution in [3.05, 3.63) is 53.5 Å². The molecule has 146 valence electrons. The molecule has 2 aromatic carbocycles. The molecule has 1 amide bonds. The van der Waals surface area contributed by atoms with Gasteiger partial charge in [-0.1, -0.05) is 31.2 Å². The molecular weight excluding hydrogens is 386 g/mol. The summed E-state index contributed by atoms with van der Waals surface area (Å²) in [5.41, 5.74) is 2.07. The van der Waals surface area contributed by atoms with Gasteiger partial charge in [0, 0.05) is 16.7 Å². The molecule has 1 aliphatic heterocycles. The molecule has 2 atom stereocenters. The smallest absolute Gasteiger partial charge is 0.241 e. The van der Waals surface area contributed by atoms with Crippen molar-refractivity contribution in [3.8, 4) is 0 Å². The lowest BCUT2D eigenvalue weighted by atomic mass is 10.2. The maximum absolute atomic E-state index is 13.2. The van der Waals surface area contributed by atoms with Crippen molar-refractivity contribution in [1.29, 1.82) is 0 Å². The van der Waals surface area contributed by atoms with Crippen LogP contribution in [0.4, 0.5) is 5.69 Å². The van der Waals surface area contributed by atoms with Gasteiger partial charge >= 0.3 is 0 Å². The fourth-order valence-electron chi connectivity index (χ4n) is 3.44. The molecule has 0 N–H and O–H groups in total. The Morgan fingerprint density at radius 3 is 2.82 bits per heavy atom. The Kier molecular flexibility index (Phi) is 5.71.